The van der Waals surface area contributed by atoms with Crippen molar-refractivity contribution in [1.82, 2.24) is 20.1 Å². The lowest BCUT2D eigenvalue weighted by molar-refractivity contribution is 0.250. The minimum Gasteiger partial charge on any atom is -0.353 e. The number of benzene rings is 1. The average Bonchev–Trinajstić information content (AvgIpc) is 3.00. The van der Waals surface area contributed by atoms with Crippen molar-refractivity contribution >= 4 is 17.2 Å². The molecule has 0 atom stereocenters. The molecule has 0 aliphatic carbocycles. The van der Waals surface area contributed by atoms with Gasteiger partial charge in [-0.25, -0.2) is 4.98 Å². The summed E-state index contributed by atoms with van der Waals surface area (Å²) in [6.45, 7) is 11.3. The Kier molecular flexibility index (Phi) is 5.18. The van der Waals surface area contributed by atoms with Gasteiger partial charge in [-0.15, -0.1) is 21.5 Å². The first-order valence-electron chi connectivity index (χ1n) is 9.39. The van der Waals surface area contributed by atoms with Gasteiger partial charge in [0.05, 0.1) is 16.4 Å². The molecule has 3 aromatic rings. The van der Waals surface area contributed by atoms with E-state index in [0.29, 0.717) is 0 Å². The van der Waals surface area contributed by atoms with Gasteiger partial charge in [0.15, 0.2) is 5.82 Å². The monoisotopic (exact) mass is 379 g/mol. The number of nitrogens with zero attached hydrogens (tertiary/aromatic N) is 5. The lowest BCUT2D eigenvalue weighted by atomic mass is 10.1. The van der Waals surface area contributed by atoms with Gasteiger partial charge in [0.25, 0.3) is 0 Å². The minimum atomic E-state index is 0.924. The van der Waals surface area contributed by atoms with Crippen LogP contribution < -0.4 is 4.90 Å². The number of aromatic nitrogens is 3. The van der Waals surface area contributed by atoms with E-state index in [4.69, 9.17) is 0 Å². The number of piperazine rings is 1. The third-order valence-corrected chi connectivity index (χ3v) is 6.12. The predicted molar refractivity (Wildman–Crippen MR) is 111 cm³/mol. The summed E-state index contributed by atoms with van der Waals surface area (Å²) in [5.74, 6) is 0.968. The Morgan fingerprint density at radius 3 is 2.22 bits per heavy atom. The molecule has 3 heterocycles. The fourth-order valence-corrected chi connectivity index (χ4v) is 4.41. The van der Waals surface area contributed by atoms with Crippen LogP contribution in [0.3, 0.4) is 0 Å². The standard InChI is InChI=1S/C21H25N5S/c1-15-4-6-18(7-5-15)19-8-9-21(24-23-19)26-12-10-25(11-13-26)14-20-16(2)22-17(3)27-20/h4-9H,10-14H2,1-3H3. The van der Waals surface area contributed by atoms with E-state index in [9.17, 15) is 0 Å². The Labute approximate surface area is 164 Å². The molecule has 0 unspecified atom stereocenters. The maximum absolute atomic E-state index is 4.54. The zero-order valence-electron chi connectivity index (χ0n) is 16.1. The van der Waals surface area contributed by atoms with Gasteiger partial charge in [-0.05, 0) is 32.9 Å². The molecule has 0 saturated carbocycles. The third kappa shape index (κ3) is 4.17. The molecule has 140 valence electrons. The molecule has 1 aliphatic heterocycles. The predicted octanol–water partition coefficient (Wildman–Crippen LogP) is 3.85. The highest BCUT2D eigenvalue weighted by Gasteiger charge is 2.20. The molecule has 0 radical (unpaired) electrons. The zero-order chi connectivity index (χ0) is 18.8. The zero-order valence-corrected chi connectivity index (χ0v) is 17.0. The minimum absolute atomic E-state index is 0.924. The molecule has 4 rings (SSSR count). The first-order chi connectivity index (χ1) is 13.1. The SMILES string of the molecule is Cc1ccc(-c2ccc(N3CCN(Cc4sc(C)nc4C)CC3)nn2)cc1. The molecule has 0 N–H and O–H groups in total. The van der Waals surface area contributed by atoms with Gasteiger partial charge in [-0.3, -0.25) is 4.90 Å². The molecule has 5 nitrogen and oxygen atoms in total. The molecule has 0 bridgehead atoms. The van der Waals surface area contributed by atoms with Crippen molar-refractivity contribution in [2.45, 2.75) is 27.3 Å². The van der Waals surface area contributed by atoms with Gasteiger partial charge in [-0.2, -0.15) is 0 Å². The Bertz CT molecular complexity index is 893. The molecule has 1 fully saturated rings. The second kappa shape index (κ2) is 7.74. The van der Waals surface area contributed by atoms with E-state index in [2.05, 4.69) is 82.2 Å². The smallest absolute Gasteiger partial charge is 0.151 e. The van der Waals surface area contributed by atoms with Crippen molar-refractivity contribution in [3.8, 4) is 11.3 Å². The van der Waals surface area contributed by atoms with Crippen LogP contribution in [0.4, 0.5) is 5.82 Å². The number of thiazole rings is 1. The maximum Gasteiger partial charge on any atom is 0.151 e. The van der Waals surface area contributed by atoms with Crippen LogP contribution >= 0.6 is 11.3 Å². The van der Waals surface area contributed by atoms with Gasteiger partial charge >= 0.3 is 0 Å². The summed E-state index contributed by atoms with van der Waals surface area (Å²) in [5, 5.41) is 10.1. The number of rotatable bonds is 4. The van der Waals surface area contributed by atoms with Crippen molar-refractivity contribution in [2.24, 2.45) is 0 Å². The van der Waals surface area contributed by atoms with E-state index >= 15 is 0 Å². The van der Waals surface area contributed by atoms with E-state index in [0.717, 1.165) is 54.8 Å². The molecule has 1 saturated heterocycles. The fraction of sp³-hybridized carbons (Fsp3) is 0.381. The van der Waals surface area contributed by atoms with E-state index < -0.39 is 0 Å². The van der Waals surface area contributed by atoms with Crippen LogP contribution in [0.25, 0.3) is 11.3 Å². The number of aryl methyl sites for hydroxylation is 3. The van der Waals surface area contributed by atoms with Crippen LogP contribution in [-0.2, 0) is 6.54 Å². The van der Waals surface area contributed by atoms with Crippen LogP contribution in [0.15, 0.2) is 36.4 Å². The van der Waals surface area contributed by atoms with Crippen molar-refractivity contribution < 1.29 is 0 Å². The number of hydrogen-bond donors (Lipinski definition) is 0. The number of hydrogen-bond acceptors (Lipinski definition) is 6. The van der Waals surface area contributed by atoms with Crippen molar-refractivity contribution in [2.75, 3.05) is 31.1 Å². The summed E-state index contributed by atoms with van der Waals surface area (Å²) in [6.07, 6.45) is 0. The Balaban J connectivity index is 1.36. The van der Waals surface area contributed by atoms with Crippen LogP contribution in [0.5, 0.6) is 0 Å². The third-order valence-electron chi connectivity index (χ3n) is 5.06. The van der Waals surface area contributed by atoms with Crippen molar-refractivity contribution in [1.29, 1.82) is 0 Å². The highest BCUT2D eigenvalue weighted by atomic mass is 32.1. The molecule has 1 aromatic carbocycles. The Morgan fingerprint density at radius 2 is 1.63 bits per heavy atom. The van der Waals surface area contributed by atoms with Crippen LogP contribution in [-0.4, -0.2) is 46.3 Å². The molecule has 0 spiro atoms. The van der Waals surface area contributed by atoms with Gasteiger partial charge in [0.1, 0.15) is 0 Å². The highest BCUT2D eigenvalue weighted by Crippen LogP contribution is 2.22. The second-order valence-electron chi connectivity index (χ2n) is 7.15. The second-order valence-corrected chi connectivity index (χ2v) is 8.44. The molecule has 0 amide bonds. The van der Waals surface area contributed by atoms with E-state index in [1.165, 1.54) is 16.1 Å². The van der Waals surface area contributed by atoms with Gasteiger partial charge in [-0.1, -0.05) is 29.8 Å². The summed E-state index contributed by atoms with van der Waals surface area (Å²) < 4.78 is 0. The Morgan fingerprint density at radius 1 is 0.889 bits per heavy atom. The van der Waals surface area contributed by atoms with Crippen LogP contribution in [0, 0.1) is 20.8 Å². The molecule has 2 aromatic heterocycles. The lowest BCUT2D eigenvalue weighted by Crippen LogP contribution is -2.46. The van der Waals surface area contributed by atoms with Gasteiger partial charge < -0.3 is 4.90 Å². The Hall–Kier alpha value is -2.31. The quantitative estimate of drug-likeness (QED) is 0.689. The lowest BCUT2D eigenvalue weighted by Gasteiger charge is -2.35. The topological polar surface area (TPSA) is 45.2 Å². The molecule has 6 heteroatoms. The molecular formula is C21H25N5S. The first kappa shape index (κ1) is 18.1. The normalized spacial score (nSPS) is 15.3. The fourth-order valence-electron chi connectivity index (χ4n) is 3.43. The van der Waals surface area contributed by atoms with Crippen LogP contribution in [0.2, 0.25) is 0 Å². The summed E-state index contributed by atoms with van der Waals surface area (Å²) in [5.41, 5.74) is 4.47. The van der Waals surface area contributed by atoms with Gasteiger partial charge in [0.2, 0.25) is 0 Å². The molecule has 1 aliphatic rings. The summed E-state index contributed by atoms with van der Waals surface area (Å²) in [4.78, 5) is 10.8. The van der Waals surface area contributed by atoms with Crippen molar-refractivity contribution in [3.63, 3.8) is 0 Å². The van der Waals surface area contributed by atoms with Crippen LogP contribution in [0.1, 0.15) is 21.1 Å². The molecule has 27 heavy (non-hydrogen) atoms. The van der Waals surface area contributed by atoms with Crippen molar-refractivity contribution in [3.05, 3.63) is 57.5 Å². The first-order valence-corrected chi connectivity index (χ1v) is 10.2. The summed E-state index contributed by atoms with van der Waals surface area (Å²) in [7, 11) is 0. The maximum atomic E-state index is 4.54. The molecular weight excluding hydrogens is 354 g/mol. The number of anilines is 1. The van der Waals surface area contributed by atoms with Gasteiger partial charge in [0, 0.05) is 43.2 Å². The largest absolute Gasteiger partial charge is 0.353 e. The van der Waals surface area contributed by atoms with E-state index in [1.54, 1.807) is 0 Å². The summed E-state index contributed by atoms with van der Waals surface area (Å²) in [6, 6.07) is 12.6. The highest BCUT2D eigenvalue weighted by molar-refractivity contribution is 7.11. The average molecular weight is 380 g/mol. The van der Waals surface area contributed by atoms with E-state index in [-0.39, 0.29) is 0 Å². The summed E-state index contributed by atoms with van der Waals surface area (Å²) >= 11 is 1.82. The van der Waals surface area contributed by atoms with E-state index in [1.807, 2.05) is 11.3 Å².